The molecule has 1 aromatic carbocycles. The molecule has 2 N–H and O–H groups in total. The lowest BCUT2D eigenvalue weighted by Gasteiger charge is -2.60. The summed E-state index contributed by atoms with van der Waals surface area (Å²) in [6.45, 7) is 2.22. The van der Waals surface area contributed by atoms with Crippen LogP contribution in [0.5, 0.6) is 11.6 Å². The van der Waals surface area contributed by atoms with Gasteiger partial charge in [0, 0.05) is 5.02 Å². The van der Waals surface area contributed by atoms with Crippen LogP contribution in [-0.4, -0.2) is 39.8 Å². The Morgan fingerprint density at radius 2 is 2.22 bits per heavy atom. The van der Waals surface area contributed by atoms with Gasteiger partial charge >= 0.3 is 0 Å². The number of sulfonamides is 1. The van der Waals surface area contributed by atoms with Crippen molar-refractivity contribution in [2.45, 2.75) is 24.3 Å². The van der Waals surface area contributed by atoms with Gasteiger partial charge in [-0.05, 0) is 30.7 Å². The molecule has 0 saturated carbocycles. The number of nitrogens with zero attached hydrogens (tertiary/aromatic N) is 1. The summed E-state index contributed by atoms with van der Waals surface area (Å²) in [5, 5.41) is 3.06. The van der Waals surface area contributed by atoms with E-state index in [1.807, 2.05) is 6.92 Å². The predicted molar refractivity (Wildman–Crippen MR) is 100 cm³/mol. The largest absolute Gasteiger partial charge is 0.779 e. The van der Waals surface area contributed by atoms with E-state index in [4.69, 9.17) is 21.1 Å². The molecule has 3 rings (SSSR count). The molecule has 1 aliphatic rings. The third-order valence-corrected chi connectivity index (χ3v) is 5.65. The topological polar surface area (TPSA) is 119 Å². The van der Waals surface area contributed by atoms with Crippen LogP contribution in [-0.2, 0) is 0 Å². The molecule has 0 spiro atoms. The van der Waals surface area contributed by atoms with Crippen LogP contribution in [0.2, 0.25) is 5.02 Å². The zero-order valence-electron chi connectivity index (χ0n) is 14.7. The first-order valence-electron chi connectivity index (χ1n) is 8.14. The number of benzene rings is 1. The van der Waals surface area contributed by atoms with Gasteiger partial charge in [0.1, 0.15) is 17.9 Å². The van der Waals surface area contributed by atoms with E-state index in [1.54, 1.807) is 0 Å². The van der Waals surface area contributed by atoms with E-state index in [-0.39, 0.29) is 44.7 Å². The molecule has 0 radical (unpaired) electrons. The number of carbonyl (C=O) groups is 1. The van der Waals surface area contributed by atoms with Gasteiger partial charge in [-0.2, -0.15) is 0 Å². The first-order valence-corrected chi connectivity index (χ1v) is 10.00. The zero-order valence-corrected chi connectivity index (χ0v) is 16.2. The minimum absolute atomic E-state index is 0.115. The minimum atomic E-state index is -4.02. The molecule has 0 unspecified atom stereocenters. The maximum atomic E-state index is 12.7. The quantitative estimate of drug-likeness (QED) is 0.775. The number of carbonyl (C=O) groups excluding carboxylic acids is 1. The maximum Gasteiger partial charge on any atom is 0.257 e. The molecule has 2 heterocycles. The molecule has 0 saturated heterocycles. The highest BCUT2D eigenvalue weighted by atomic mass is 35.5. The van der Waals surface area contributed by atoms with E-state index < -0.39 is 10.8 Å². The number of ether oxygens (including phenoxy) is 2. The highest BCUT2D eigenvalue weighted by Gasteiger charge is 2.23. The minimum Gasteiger partial charge on any atom is -0.779 e. The van der Waals surface area contributed by atoms with Crippen LogP contribution in [0.3, 0.4) is 0 Å². The summed E-state index contributed by atoms with van der Waals surface area (Å²) in [7, 11) is -2.66. The van der Waals surface area contributed by atoms with Gasteiger partial charge in [0.25, 0.3) is 5.91 Å². The van der Waals surface area contributed by atoms with Crippen molar-refractivity contribution in [1.82, 2.24) is 10.3 Å². The molecular weight excluding hydrogens is 394 g/mol. The molecule has 27 heavy (non-hydrogen) atoms. The van der Waals surface area contributed by atoms with Gasteiger partial charge in [0.05, 0.1) is 29.9 Å². The van der Waals surface area contributed by atoms with Crippen molar-refractivity contribution in [1.29, 1.82) is 0 Å². The second kappa shape index (κ2) is 7.81. The maximum absolute atomic E-state index is 12.7. The van der Waals surface area contributed by atoms with Crippen molar-refractivity contribution in [3.63, 3.8) is 0 Å². The van der Waals surface area contributed by atoms with Crippen LogP contribution in [0, 0.1) is 0 Å². The van der Waals surface area contributed by atoms with Crippen LogP contribution in [0.1, 0.15) is 23.7 Å². The number of fused-ring (bicyclic) bond motifs is 1. The van der Waals surface area contributed by atoms with Crippen molar-refractivity contribution in [3.05, 3.63) is 41.0 Å². The average molecular weight is 412 g/mol. The Morgan fingerprint density at radius 1 is 1.44 bits per heavy atom. The van der Waals surface area contributed by atoms with E-state index >= 15 is 0 Å². The molecule has 0 bridgehead atoms. The molecule has 146 valence electrons. The van der Waals surface area contributed by atoms with Crippen molar-refractivity contribution in [2.24, 2.45) is 0 Å². The SMILES string of the molecule is CC[C@H]1COc2ncc(NS([O-])([O-])c3cc(Cl)ccc3OC)cc2C(=O)N1. The number of amides is 1. The molecule has 1 atom stereocenters. The number of halogens is 1. The molecule has 0 fully saturated rings. The zero-order chi connectivity index (χ0) is 19.6. The van der Waals surface area contributed by atoms with Crippen LogP contribution >= 0.6 is 22.4 Å². The third kappa shape index (κ3) is 4.22. The molecule has 1 aliphatic heterocycles. The van der Waals surface area contributed by atoms with Gasteiger partial charge in [-0.25, -0.2) is 4.98 Å². The summed E-state index contributed by atoms with van der Waals surface area (Å²) in [6, 6.07) is 5.50. The number of anilines is 1. The predicted octanol–water partition coefficient (Wildman–Crippen LogP) is 3.10. The molecule has 0 aliphatic carbocycles. The first-order chi connectivity index (χ1) is 12.8. The fraction of sp³-hybridized carbons (Fsp3) is 0.294. The molecule has 10 heteroatoms. The third-order valence-electron chi connectivity index (χ3n) is 4.01. The lowest BCUT2D eigenvalue weighted by molar-refractivity contribution is 0.0937. The van der Waals surface area contributed by atoms with Crippen molar-refractivity contribution in [3.8, 4) is 11.6 Å². The van der Waals surface area contributed by atoms with Crippen molar-refractivity contribution in [2.75, 3.05) is 18.4 Å². The van der Waals surface area contributed by atoms with Gasteiger partial charge in [0.2, 0.25) is 5.88 Å². The fourth-order valence-corrected chi connectivity index (χ4v) is 4.03. The summed E-state index contributed by atoms with van der Waals surface area (Å²) in [5.41, 5.74) is 0.272. The van der Waals surface area contributed by atoms with E-state index in [2.05, 4.69) is 15.0 Å². The second-order valence-corrected chi connectivity index (χ2v) is 7.95. The summed E-state index contributed by atoms with van der Waals surface area (Å²) in [5.74, 6) is -0.0727. The summed E-state index contributed by atoms with van der Waals surface area (Å²) < 4.78 is 38.5. The van der Waals surface area contributed by atoms with Gasteiger partial charge < -0.3 is 39.4 Å². The number of hydrogen-bond acceptors (Lipinski definition) is 7. The molecule has 1 amide bonds. The number of nitrogens with one attached hydrogen (secondary N) is 2. The van der Waals surface area contributed by atoms with E-state index in [0.29, 0.717) is 13.0 Å². The Bertz CT molecular complexity index is 864. The Balaban J connectivity index is 1.91. The first kappa shape index (κ1) is 19.6. The number of aromatic nitrogens is 1. The summed E-state index contributed by atoms with van der Waals surface area (Å²) in [4.78, 5) is 16.3. The highest BCUT2D eigenvalue weighted by Crippen LogP contribution is 2.52. The van der Waals surface area contributed by atoms with E-state index in [9.17, 15) is 13.9 Å². The Morgan fingerprint density at radius 3 is 2.93 bits per heavy atom. The summed E-state index contributed by atoms with van der Waals surface area (Å²) in [6.07, 6.45) is 1.99. The fourth-order valence-electron chi connectivity index (χ4n) is 2.56. The standard InChI is InChI=1S/C17H20ClN3O5S/c1-3-11-9-26-17-13(16(22)20-11)7-12(8-19-17)21-27(23,24)15-6-10(18)4-5-14(15)25-2/h4-8,11,21,23-24H,3,9H2,1-2H3,(H,20,22)/p-2/t11-/m0/s1. The van der Waals surface area contributed by atoms with Crippen LogP contribution in [0.25, 0.3) is 0 Å². The van der Waals surface area contributed by atoms with E-state index in [1.165, 1.54) is 37.6 Å². The van der Waals surface area contributed by atoms with Crippen LogP contribution in [0.15, 0.2) is 35.4 Å². The average Bonchev–Trinajstić information content (AvgIpc) is 2.80. The van der Waals surface area contributed by atoms with Crippen LogP contribution < -0.4 is 19.5 Å². The molecular formula is C17H18ClN3O5S-2. The van der Waals surface area contributed by atoms with Gasteiger partial charge in [-0.15, -0.1) is 0 Å². The second-order valence-electron chi connectivity index (χ2n) is 5.87. The van der Waals surface area contributed by atoms with Crippen LogP contribution in [0.4, 0.5) is 5.69 Å². The normalized spacial score (nSPS) is 17.2. The van der Waals surface area contributed by atoms with Crippen molar-refractivity contribution >= 4 is 34.0 Å². The Kier molecular flexibility index (Phi) is 5.66. The van der Waals surface area contributed by atoms with Gasteiger partial charge in [-0.1, -0.05) is 18.5 Å². The summed E-state index contributed by atoms with van der Waals surface area (Å²) >= 11 is 5.91. The lowest BCUT2D eigenvalue weighted by atomic mass is 10.2. The smallest absolute Gasteiger partial charge is 0.257 e. The monoisotopic (exact) mass is 411 g/mol. The van der Waals surface area contributed by atoms with Gasteiger partial charge in [-0.3, -0.25) is 4.79 Å². The number of methoxy groups -OCH3 is 1. The number of pyridine rings is 1. The van der Waals surface area contributed by atoms with Gasteiger partial charge in [0.15, 0.2) is 0 Å². The molecule has 1 aromatic heterocycles. The van der Waals surface area contributed by atoms with E-state index in [0.717, 1.165) is 0 Å². The van der Waals surface area contributed by atoms with Crippen molar-refractivity contribution < 1.29 is 23.4 Å². The number of rotatable bonds is 5. The number of hydrogen-bond donors (Lipinski definition) is 2. The highest BCUT2D eigenvalue weighted by molar-refractivity contribution is 8.25. The molecule has 8 nitrogen and oxygen atoms in total. The lowest BCUT2D eigenvalue weighted by Crippen LogP contribution is -2.36. The molecule has 2 aromatic rings. The Labute approximate surface area is 163 Å². The Hall–Kier alpha value is -2.20.